The summed E-state index contributed by atoms with van der Waals surface area (Å²) in [5.74, 6) is -0.111. The molecule has 3 nitrogen and oxygen atoms in total. The van der Waals surface area contributed by atoms with Gasteiger partial charge in [0.2, 0.25) is 5.91 Å². The molecule has 88 valence electrons. The molecule has 0 rings (SSSR count). The molecule has 0 aliphatic carbocycles. The van der Waals surface area contributed by atoms with Crippen molar-refractivity contribution in [2.75, 3.05) is 0 Å². The van der Waals surface area contributed by atoms with Crippen LogP contribution in [0.15, 0.2) is 12.2 Å². The normalized spacial score (nSPS) is 10.9. The number of hydrogen-bond acceptors (Lipinski definition) is 2. The van der Waals surface area contributed by atoms with Crippen LogP contribution in [-0.2, 0) is 9.59 Å². The Morgan fingerprint density at radius 3 is 2.13 bits per heavy atom. The number of hydrogen-bond donors (Lipinski definition) is 1. The number of carbonyl (C=O) groups is 2. The van der Waals surface area contributed by atoms with Gasteiger partial charge >= 0.3 is 0 Å². The standard InChI is InChI=1S/C8H16O.C4H7NO/c1-3-5-6-8(4-2)7-9;1-3(2)4(5)6/h7-8H,3-6H2,1-2H3;1H2,2H3,(H2,5,6). The molecule has 0 aliphatic rings. The van der Waals surface area contributed by atoms with E-state index in [0.29, 0.717) is 11.5 Å². The first-order chi connectivity index (χ1) is 6.99. The van der Waals surface area contributed by atoms with E-state index in [1.165, 1.54) is 12.8 Å². The third kappa shape index (κ3) is 12.9. The molecule has 1 atom stereocenters. The Hall–Kier alpha value is -1.12. The molecule has 3 heteroatoms. The molecule has 0 spiro atoms. The fourth-order valence-electron chi connectivity index (χ4n) is 0.835. The van der Waals surface area contributed by atoms with Crippen LogP contribution < -0.4 is 5.73 Å². The molecule has 0 saturated carbocycles. The average Bonchev–Trinajstić information content (AvgIpc) is 2.20. The van der Waals surface area contributed by atoms with Crippen molar-refractivity contribution in [2.24, 2.45) is 11.7 Å². The van der Waals surface area contributed by atoms with Crippen LogP contribution in [0.4, 0.5) is 0 Å². The third-order valence-electron chi connectivity index (χ3n) is 2.07. The zero-order valence-corrected chi connectivity index (χ0v) is 10.1. The quantitative estimate of drug-likeness (QED) is 0.544. The van der Waals surface area contributed by atoms with Crippen molar-refractivity contribution in [3.63, 3.8) is 0 Å². The largest absolute Gasteiger partial charge is 0.366 e. The highest BCUT2D eigenvalue weighted by atomic mass is 16.1. The number of amides is 1. The number of aldehydes is 1. The Bertz CT molecular complexity index is 188. The zero-order valence-electron chi connectivity index (χ0n) is 10.1. The molecule has 0 fully saturated rings. The molecule has 1 amide bonds. The summed E-state index contributed by atoms with van der Waals surface area (Å²) in [5.41, 5.74) is 5.09. The van der Waals surface area contributed by atoms with Gasteiger partial charge < -0.3 is 10.5 Å². The summed E-state index contributed by atoms with van der Waals surface area (Å²) < 4.78 is 0. The van der Waals surface area contributed by atoms with Gasteiger partial charge in [0.15, 0.2) is 0 Å². The monoisotopic (exact) mass is 213 g/mol. The summed E-state index contributed by atoms with van der Waals surface area (Å²) in [5, 5.41) is 0. The second kappa shape index (κ2) is 11.0. The molecular weight excluding hydrogens is 190 g/mol. The summed E-state index contributed by atoms with van der Waals surface area (Å²) in [4.78, 5) is 20.1. The van der Waals surface area contributed by atoms with E-state index >= 15 is 0 Å². The molecule has 1 unspecified atom stereocenters. The summed E-state index contributed by atoms with van der Waals surface area (Å²) in [6.45, 7) is 9.07. The molecule has 0 bridgehead atoms. The maximum absolute atomic E-state index is 10.2. The van der Waals surface area contributed by atoms with Crippen molar-refractivity contribution in [1.82, 2.24) is 0 Å². The molecule has 0 aromatic heterocycles. The lowest BCUT2D eigenvalue weighted by Crippen LogP contribution is -2.10. The van der Waals surface area contributed by atoms with Crippen molar-refractivity contribution in [3.05, 3.63) is 12.2 Å². The Balaban J connectivity index is 0. The second-order valence-corrected chi connectivity index (χ2v) is 3.59. The van der Waals surface area contributed by atoms with Gasteiger partial charge in [-0.3, -0.25) is 4.79 Å². The molecule has 0 saturated heterocycles. The molecular formula is C12H23NO2. The molecule has 0 aromatic rings. The first kappa shape index (κ1) is 16.3. The highest BCUT2D eigenvalue weighted by Crippen LogP contribution is 2.08. The van der Waals surface area contributed by atoms with Gasteiger partial charge in [0.05, 0.1) is 0 Å². The first-order valence-electron chi connectivity index (χ1n) is 5.40. The number of primary amides is 1. The van der Waals surface area contributed by atoms with E-state index in [-0.39, 0.29) is 0 Å². The van der Waals surface area contributed by atoms with E-state index in [4.69, 9.17) is 5.73 Å². The smallest absolute Gasteiger partial charge is 0.243 e. The highest BCUT2D eigenvalue weighted by molar-refractivity contribution is 5.90. The van der Waals surface area contributed by atoms with Gasteiger partial charge in [-0.25, -0.2) is 0 Å². The Morgan fingerprint density at radius 1 is 1.47 bits per heavy atom. The summed E-state index contributed by atoms with van der Waals surface area (Å²) >= 11 is 0. The van der Waals surface area contributed by atoms with Crippen LogP contribution in [0.2, 0.25) is 0 Å². The minimum absolute atomic E-state index is 0.324. The Morgan fingerprint density at radius 2 is 1.93 bits per heavy atom. The van der Waals surface area contributed by atoms with E-state index in [2.05, 4.69) is 20.4 Å². The number of rotatable bonds is 6. The summed E-state index contributed by atoms with van der Waals surface area (Å²) in [7, 11) is 0. The van der Waals surface area contributed by atoms with Gasteiger partial charge in [0.1, 0.15) is 6.29 Å². The molecule has 2 N–H and O–H groups in total. The SMILES string of the molecule is C=C(C)C(N)=O.CCCCC(C=O)CC. The van der Waals surface area contributed by atoms with E-state index in [9.17, 15) is 9.59 Å². The lowest BCUT2D eigenvalue weighted by molar-refractivity contribution is -0.114. The van der Waals surface area contributed by atoms with Crippen molar-refractivity contribution in [3.8, 4) is 0 Å². The molecule has 0 heterocycles. The van der Waals surface area contributed by atoms with E-state index < -0.39 is 5.91 Å². The fourth-order valence-corrected chi connectivity index (χ4v) is 0.835. The van der Waals surface area contributed by atoms with Crippen LogP contribution >= 0.6 is 0 Å². The van der Waals surface area contributed by atoms with Crippen molar-refractivity contribution in [1.29, 1.82) is 0 Å². The van der Waals surface area contributed by atoms with Gasteiger partial charge in [-0.1, -0.05) is 33.3 Å². The maximum atomic E-state index is 10.2. The summed E-state index contributed by atoms with van der Waals surface area (Å²) in [6, 6.07) is 0. The fraction of sp³-hybridized carbons (Fsp3) is 0.667. The van der Waals surface area contributed by atoms with Gasteiger partial charge in [-0.15, -0.1) is 0 Å². The van der Waals surface area contributed by atoms with Crippen LogP contribution in [-0.4, -0.2) is 12.2 Å². The second-order valence-electron chi connectivity index (χ2n) is 3.59. The van der Waals surface area contributed by atoms with Crippen LogP contribution in [0.3, 0.4) is 0 Å². The molecule has 0 aliphatic heterocycles. The van der Waals surface area contributed by atoms with Crippen LogP contribution in [0.1, 0.15) is 46.5 Å². The lowest BCUT2D eigenvalue weighted by atomic mass is 10.0. The first-order valence-corrected chi connectivity index (χ1v) is 5.40. The average molecular weight is 213 g/mol. The minimum Gasteiger partial charge on any atom is -0.366 e. The predicted octanol–water partition coefficient (Wildman–Crippen LogP) is 2.45. The van der Waals surface area contributed by atoms with Gasteiger partial charge in [-0.2, -0.15) is 0 Å². The lowest BCUT2D eigenvalue weighted by Gasteiger charge is -2.03. The van der Waals surface area contributed by atoms with Crippen LogP contribution in [0.5, 0.6) is 0 Å². The van der Waals surface area contributed by atoms with Gasteiger partial charge in [-0.05, 0) is 19.8 Å². The minimum atomic E-state index is -0.435. The highest BCUT2D eigenvalue weighted by Gasteiger charge is 2.01. The van der Waals surface area contributed by atoms with Crippen LogP contribution in [0, 0.1) is 5.92 Å². The third-order valence-corrected chi connectivity index (χ3v) is 2.07. The molecule has 0 aromatic carbocycles. The van der Waals surface area contributed by atoms with E-state index in [0.717, 1.165) is 19.1 Å². The van der Waals surface area contributed by atoms with Crippen molar-refractivity contribution in [2.45, 2.75) is 46.5 Å². The summed E-state index contributed by atoms with van der Waals surface area (Å²) in [6.07, 6.45) is 5.55. The molecule has 15 heavy (non-hydrogen) atoms. The Kier molecular flexibility index (Phi) is 11.9. The van der Waals surface area contributed by atoms with Gasteiger partial charge in [0.25, 0.3) is 0 Å². The van der Waals surface area contributed by atoms with Crippen molar-refractivity contribution < 1.29 is 9.59 Å². The maximum Gasteiger partial charge on any atom is 0.243 e. The Labute approximate surface area is 92.7 Å². The number of nitrogens with two attached hydrogens (primary N) is 1. The van der Waals surface area contributed by atoms with E-state index in [1.807, 2.05) is 0 Å². The topological polar surface area (TPSA) is 60.2 Å². The van der Waals surface area contributed by atoms with Gasteiger partial charge in [0, 0.05) is 11.5 Å². The number of carbonyl (C=O) groups excluding carboxylic acids is 2. The van der Waals surface area contributed by atoms with Crippen LogP contribution in [0.25, 0.3) is 0 Å². The zero-order chi connectivity index (χ0) is 12.3. The predicted molar refractivity (Wildman–Crippen MR) is 63.4 cm³/mol. The van der Waals surface area contributed by atoms with E-state index in [1.54, 1.807) is 6.92 Å². The number of unbranched alkanes of at least 4 members (excludes halogenated alkanes) is 1. The van der Waals surface area contributed by atoms with Crippen molar-refractivity contribution >= 4 is 12.2 Å². The molecule has 0 radical (unpaired) electrons.